The highest BCUT2D eigenvalue weighted by atomic mass is 32.2. The number of amides is 1. The molecule has 1 unspecified atom stereocenters. The molecule has 0 spiro atoms. The first-order chi connectivity index (χ1) is 16.9. The van der Waals surface area contributed by atoms with Gasteiger partial charge in [0.05, 0.1) is 16.0 Å². The van der Waals surface area contributed by atoms with Gasteiger partial charge < -0.3 is 9.64 Å². The molecule has 1 aliphatic heterocycles. The third-order valence-electron chi connectivity index (χ3n) is 5.81. The second kappa shape index (κ2) is 10.1. The van der Waals surface area contributed by atoms with Gasteiger partial charge in [-0.3, -0.25) is 4.79 Å². The lowest BCUT2D eigenvalue weighted by molar-refractivity contribution is -0.290. The number of carbonyl (C=O) groups is 1. The number of ether oxygens (including phenoxy) is 1. The molecule has 1 aliphatic rings. The molecule has 1 heterocycles. The molecule has 0 radical (unpaired) electrons. The Labute approximate surface area is 206 Å². The number of carbonyl (C=O) groups excluding carboxylic acids is 1. The highest BCUT2D eigenvalue weighted by Gasteiger charge is 2.58. The van der Waals surface area contributed by atoms with Crippen LogP contribution in [0.3, 0.4) is 0 Å². The van der Waals surface area contributed by atoms with Crippen LogP contribution >= 0.6 is 0 Å². The van der Waals surface area contributed by atoms with Crippen LogP contribution in [0.15, 0.2) is 47.4 Å². The minimum Gasteiger partial charge on any atom is -0.486 e. The molecule has 37 heavy (non-hydrogen) atoms. The van der Waals surface area contributed by atoms with E-state index in [9.17, 15) is 48.3 Å². The zero-order valence-electron chi connectivity index (χ0n) is 19.2. The molecule has 3 rings (SSSR count). The topological polar surface area (TPSA) is 63.7 Å². The lowest BCUT2D eigenvalue weighted by Gasteiger charge is -2.22. The normalized spacial score (nSPS) is 17.2. The van der Waals surface area contributed by atoms with Crippen LogP contribution in [-0.4, -0.2) is 57.3 Å². The fraction of sp³-hybridized carbons (Fsp3) is 0.435. The number of nitrogens with zero attached hydrogens (tertiary/aromatic N) is 1. The summed E-state index contributed by atoms with van der Waals surface area (Å²) < 4.78 is 131. The molecule has 0 saturated carbocycles. The first kappa shape index (κ1) is 28.7. The van der Waals surface area contributed by atoms with Crippen molar-refractivity contribution in [2.45, 2.75) is 36.0 Å². The Bertz CT molecular complexity index is 1240. The van der Waals surface area contributed by atoms with Gasteiger partial charge >= 0.3 is 18.3 Å². The third kappa shape index (κ3) is 6.90. The second-order valence-electron chi connectivity index (χ2n) is 8.73. The number of hydrogen-bond acceptors (Lipinski definition) is 4. The molecule has 0 N–H and O–H groups in total. The fourth-order valence-electron chi connectivity index (χ4n) is 3.80. The van der Waals surface area contributed by atoms with Gasteiger partial charge in [0.15, 0.2) is 16.4 Å². The Morgan fingerprint density at radius 1 is 1.00 bits per heavy atom. The molecule has 1 amide bonds. The van der Waals surface area contributed by atoms with Crippen molar-refractivity contribution in [1.82, 2.24) is 4.90 Å². The number of alkyl halides is 8. The number of halogens is 8. The zero-order chi connectivity index (χ0) is 27.8. The molecule has 0 bridgehead atoms. The largest absolute Gasteiger partial charge is 0.486 e. The maximum Gasteiger partial charge on any atom is 0.456 e. The van der Waals surface area contributed by atoms with E-state index in [0.29, 0.717) is 18.4 Å². The van der Waals surface area contributed by atoms with Crippen LogP contribution in [0.5, 0.6) is 5.75 Å². The van der Waals surface area contributed by atoms with Gasteiger partial charge in [0.1, 0.15) is 5.75 Å². The van der Waals surface area contributed by atoms with Crippen molar-refractivity contribution in [2.75, 3.05) is 26.0 Å². The van der Waals surface area contributed by atoms with Gasteiger partial charge in [0.2, 0.25) is 0 Å². The van der Waals surface area contributed by atoms with E-state index < -0.39 is 57.5 Å². The molecule has 5 nitrogen and oxygen atoms in total. The van der Waals surface area contributed by atoms with Crippen LogP contribution < -0.4 is 4.74 Å². The molecule has 2 aromatic carbocycles. The molecule has 0 aliphatic carbocycles. The van der Waals surface area contributed by atoms with E-state index >= 15 is 0 Å². The zero-order valence-corrected chi connectivity index (χ0v) is 20.0. The van der Waals surface area contributed by atoms with Crippen molar-refractivity contribution in [1.29, 1.82) is 0 Å². The maximum atomic E-state index is 13.4. The van der Waals surface area contributed by atoms with Crippen molar-refractivity contribution < 1.29 is 53.1 Å². The number of rotatable bonds is 7. The predicted molar refractivity (Wildman–Crippen MR) is 115 cm³/mol. The van der Waals surface area contributed by atoms with Crippen molar-refractivity contribution in [3.05, 3.63) is 59.2 Å². The van der Waals surface area contributed by atoms with E-state index in [0.717, 1.165) is 36.6 Å². The van der Waals surface area contributed by atoms with E-state index in [-0.39, 0.29) is 23.9 Å². The average Bonchev–Trinajstić information content (AvgIpc) is 3.24. The Balaban J connectivity index is 1.78. The Hall–Kier alpha value is -2.90. The molecule has 1 atom stereocenters. The molecule has 1 saturated heterocycles. The Morgan fingerprint density at radius 2 is 1.62 bits per heavy atom. The molecule has 2 aromatic rings. The second-order valence-corrected chi connectivity index (χ2v) is 10.7. The van der Waals surface area contributed by atoms with E-state index in [1.54, 1.807) is 0 Å². The van der Waals surface area contributed by atoms with Gasteiger partial charge in [0.25, 0.3) is 5.91 Å². The molecular formula is C23H21F8NO4S. The highest BCUT2D eigenvalue weighted by molar-refractivity contribution is 7.90. The lowest BCUT2D eigenvalue weighted by Crippen LogP contribution is -2.42. The summed E-state index contributed by atoms with van der Waals surface area (Å²) >= 11 is 0. The van der Waals surface area contributed by atoms with E-state index in [2.05, 4.69) is 4.74 Å². The van der Waals surface area contributed by atoms with E-state index in [1.807, 2.05) is 0 Å². The van der Waals surface area contributed by atoms with E-state index in [1.165, 1.54) is 17.0 Å². The molecular weight excluding hydrogens is 538 g/mol. The van der Waals surface area contributed by atoms with Gasteiger partial charge in [-0.2, -0.15) is 35.1 Å². The van der Waals surface area contributed by atoms with Crippen LogP contribution in [0.25, 0.3) is 0 Å². The average molecular weight is 559 g/mol. The third-order valence-corrected chi connectivity index (χ3v) is 6.92. The van der Waals surface area contributed by atoms with Crippen LogP contribution in [0.1, 0.15) is 27.9 Å². The van der Waals surface area contributed by atoms with Gasteiger partial charge in [-0.15, -0.1) is 0 Å². The molecule has 0 aromatic heterocycles. The minimum atomic E-state index is -5.90. The number of likely N-dealkylation sites (tertiary alicyclic amines) is 1. The van der Waals surface area contributed by atoms with Gasteiger partial charge in [0, 0.05) is 19.3 Å². The first-order valence-corrected chi connectivity index (χ1v) is 12.6. The van der Waals surface area contributed by atoms with Crippen molar-refractivity contribution in [3.63, 3.8) is 0 Å². The fourth-order valence-corrected chi connectivity index (χ4v) is 4.45. The highest BCUT2D eigenvalue weighted by Crippen LogP contribution is 2.37. The Kier molecular flexibility index (Phi) is 7.83. The summed E-state index contributed by atoms with van der Waals surface area (Å²) in [6.45, 7) is -1.88. The maximum absolute atomic E-state index is 13.4. The summed E-state index contributed by atoms with van der Waals surface area (Å²) in [6.07, 6.45) is -8.80. The van der Waals surface area contributed by atoms with Gasteiger partial charge in [-0.1, -0.05) is 12.1 Å². The van der Waals surface area contributed by atoms with E-state index in [4.69, 9.17) is 0 Å². The first-order valence-electron chi connectivity index (χ1n) is 10.8. The SMILES string of the molecule is CS(=O)(=O)c1ccc(OCC(F)(F)C(F)(F)F)c(C(=O)N2CCC(Cc3ccc(C(F)(F)F)cc3)C2)c1. The Morgan fingerprint density at radius 3 is 2.16 bits per heavy atom. The van der Waals surface area contributed by atoms with Crippen LogP contribution in [0, 0.1) is 5.92 Å². The smallest absolute Gasteiger partial charge is 0.456 e. The predicted octanol–water partition coefficient (Wildman–Crippen LogP) is 5.39. The van der Waals surface area contributed by atoms with Crippen LogP contribution in [0.4, 0.5) is 35.1 Å². The summed E-state index contributed by atoms with van der Waals surface area (Å²) in [5, 5.41) is 0. The standard InChI is InChI=1S/C23H21F8NO4S/c1-37(34,35)17-6-7-19(36-13-21(24,25)23(29,30)31)18(11-17)20(33)32-9-8-15(12-32)10-14-2-4-16(5-3-14)22(26,27)28/h2-7,11,15H,8-10,12-13H2,1H3. The van der Waals surface area contributed by atoms with Crippen molar-refractivity contribution in [2.24, 2.45) is 5.92 Å². The van der Waals surface area contributed by atoms with Gasteiger partial charge in [-0.25, -0.2) is 8.42 Å². The van der Waals surface area contributed by atoms with Gasteiger partial charge in [-0.05, 0) is 54.7 Å². The quantitative estimate of drug-likeness (QED) is 0.427. The minimum absolute atomic E-state index is 0.0983. The van der Waals surface area contributed by atoms with Crippen molar-refractivity contribution >= 4 is 15.7 Å². The molecule has 14 heteroatoms. The lowest BCUT2D eigenvalue weighted by atomic mass is 9.98. The summed E-state index contributed by atoms with van der Waals surface area (Å²) in [7, 11) is -3.87. The molecule has 204 valence electrons. The monoisotopic (exact) mass is 559 g/mol. The number of hydrogen-bond donors (Lipinski definition) is 0. The number of benzene rings is 2. The van der Waals surface area contributed by atoms with Crippen LogP contribution in [0.2, 0.25) is 0 Å². The summed E-state index contributed by atoms with van der Waals surface area (Å²) in [4.78, 5) is 14.0. The number of sulfone groups is 1. The van der Waals surface area contributed by atoms with Crippen molar-refractivity contribution in [3.8, 4) is 5.75 Å². The summed E-state index contributed by atoms with van der Waals surface area (Å²) in [6, 6.07) is 7.11. The molecule has 1 fully saturated rings. The summed E-state index contributed by atoms with van der Waals surface area (Å²) in [5.41, 5.74) is -0.727. The van der Waals surface area contributed by atoms with Crippen LogP contribution in [-0.2, 0) is 22.4 Å². The summed E-state index contributed by atoms with van der Waals surface area (Å²) in [5.74, 6) is -6.89.